The summed E-state index contributed by atoms with van der Waals surface area (Å²) in [4.78, 5) is 10.4. The van der Waals surface area contributed by atoms with E-state index in [0.717, 1.165) is 16.9 Å². The van der Waals surface area contributed by atoms with E-state index in [1.54, 1.807) is 12.4 Å². The van der Waals surface area contributed by atoms with Gasteiger partial charge in [-0.15, -0.1) is 0 Å². The van der Waals surface area contributed by atoms with Crippen molar-refractivity contribution in [2.45, 2.75) is 13.5 Å². The Hall–Kier alpha value is -2.43. The maximum Gasteiger partial charge on any atom is 0.139 e. The Morgan fingerprint density at radius 2 is 2.16 bits per heavy atom. The molecule has 2 heterocycles. The van der Waals surface area contributed by atoms with Gasteiger partial charge in [-0.3, -0.25) is 10.4 Å². The first-order valence-electron chi connectivity index (χ1n) is 5.99. The van der Waals surface area contributed by atoms with Gasteiger partial charge in [0.1, 0.15) is 11.7 Å². The first kappa shape index (κ1) is 13.0. The van der Waals surface area contributed by atoms with Gasteiger partial charge in [-0.2, -0.15) is 0 Å². The van der Waals surface area contributed by atoms with Gasteiger partial charge in [0.15, 0.2) is 0 Å². The Labute approximate surface area is 112 Å². The van der Waals surface area contributed by atoms with Crippen LogP contribution in [0, 0.1) is 12.3 Å². The van der Waals surface area contributed by atoms with Crippen molar-refractivity contribution in [3.8, 4) is 0 Å². The molecule has 0 radical (unpaired) electrons. The third-order valence-electron chi connectivity index (χ3n) is 2.91. The van der Waals surface area contributed by atoms with Crippen molar-refractivity contribution in [1.82, 2.24) is 9.97 Å². The molecule has 2 aromatic heterocycles. The van der Waals surface area contributed by atoms with Gasteiger partial charge in [-0.25, -0.2) is 4.98 Å². The van der Waals surface area contributed by atoms with Crippen LogP contribution in [0.2, 0.25) is 0 Å². The Morgan fingerprint density at radius 1 is 1.37 bits per heavy atom. The van der Waals surface area contributed by atoms with Gasteiger partial charge < -0.3 is 10.6 Å². The van der Waals surface area contributed by atoms with E-state index in [2.05, 4.69) is 9.97 Å². The van der Waals surface area contributed by atoms with E-state index in [1.807, 2.05) is 43.3 Å². The van der Waals surface area contributed by atoms with Crippen LogP contribution >= 0.6 is 0 Å². The summed E-state index contributed by atoms with van der Waals surface area (Å²) in [7, 11) is 1.93. The highest BCUT2D eigenvalue weighted by atomic mass is 15.2. The molecule has 98 valence electrons. The molecule has 19 heavy (non-hydrogen) atoms. The summed E-state index contributed by atoms with van der Waals surface area (Å²) in [6.45, 7) is 2.60. The smallest absolute Gasteiger partial charge is 0.139 e. The Bertz CT molecular complexity index is 580. The van der Waals surface area contributed by atoms with Crippen molar-refractivity contribution >= 4 is 11.7 Å². The highest BCUT2D eigenvalue weighted by Crippen LogP contribution is 2.20. The SMILES string of the molecule is Cc1ccnc(N(C)Cc2cccnc2)c1C(=N)N. The molecule has 0 aliphatic heterocycles. The van der Waals surface area contributed by atoms with Gasteiger partial charge in [0.05, 0.1) is 5.56 Å². The number of hydrogen-bond donors (Lipinski definition) is 2. The third-order valence-corrected chi connectivity index (χ3v) is 2.91. The number of nitrogen functional groups attached to an aromatic ring is 1. The van der Waals surface area contributed by atoms with E-state index in [-0.39, 0.29) is 5.84 Å². The number of anilines is 1. The molecule has 0 fully saturated rings. The predicted molar refractivity (Wildman–Crippen MR) is 76.3 cm³/mol. The normalized spacial score (nSPS) is 10.2. The lowest BCUT2D eigenvalue weighted by molar-refractivity contribution is 0.887. The molecule has 5 heteroatoms. The molecule has 0 unspecified atom stereocenters. The van der Waals surface area contributed by atoms with Crippen LogP contribution in [0.25, 0.3) is 0 Å². The van der Waals surface area contributed by atoms with E-state index in [0.29, 0.717) is 12.1 Å². The summed E-state index contributed by atoms with van der Waals surface area (Å²) < 4.78 is 0. The van der Waals surface area contributed by atoms with Crippen molar-refractivity contribution < 1.29 is 0 Å². The number of nitrogens with two attached hydrogens (primary N) is 1. The molecular formula is C14H17N5. The van der Waals surface area contributed by atoms with Crippen LogP contribution in [0.5, 0.6) is 0 Å². The first-order valence-corrected chi connectivity index (χ1v) is 5.99. The lowest BCUT2D eigenvalue weighted by atomic mass is 10.1. The average molecular weight is 255 g/mol. The lowest BCUT2D eigenvalue weighted by Gasteiger charge is -2.21. The summed E-state index contributed by atoms with van der Waals surface area (Å²) in [5.41, 5.74) is 8.38. The second kappa shape index (κ2) is 5.48. The average Bonchev–Trinajstić information content (AvgIpc) is 2.39. The zero-order valence-electron chi connectivity index (χ0n) is 11.1. The molecule has 0 saturated carbocycles. The minimum Gasteiger partial charge on any atom is -0.384 e. The van der Waals surface area contributed by atoms with E-state index in [9.17, 15) is 0 Å². The van der Waals surface area contributed by atoms with Gasteiger partial charge in [0.25, 0.3) is 0 Å². The second-order valence-corrected chi connectivity index (χ2v) is 4.46. The fraction of sp³-hybridized carbons (Fsp3) is 0.214. The predicted octanol–water partition coefficient (Wildman–Crippen LogP) is 1.71. The van der Waals surface area contributed by atoms with Crippen molar-refractivity contribution in [1.29, 1.82) is 5.41 Å². The summed E-state index contributed by atoms with van der Waals surface area (Å²) in [5, 5.41) is 7.69. The highest BCUT2D eigenvalue weighted by molar-refractivity contribution is 6.00. The van der Waals surface area contributed by atoms with E-state index < -0.39 is 0 Å². The number of aryl methyl sites for hydroxylation is 1. The number of rotatable bonds is 4. The summed E-state index contributed by atoms with van der Waals surface area (Å²) in [5.74, 6) is 0.759. The number of amidine groups is 1. The topological polar surface area (TPSA) is 78.9 Å². The van der Waals surface area contributed by atoms with Gasteiger partial charge in [-0.1, -0.05) is 6.07 Å². The van der Waals surface area contributed by atoms with Crippen LogP contribution in [0.15, 0.2) is 36.8 Å². The van der Waals surface area contributed by atoms with Gasteiger partial charge >= 0.3 is 0 Å². The van der Waals surface area contributed by atoms with Gasteiger partial charge in [0, 0.05) is 32.2 Å². The van der Waals surface area contributed by atoms with Crippen LogP contribution in [0.1, 0.15) is 16.7 Å². The van der Waals surface area contributed by atoms with Crippen LogP contribution in [-0.2, 0) is 6.54 Å². The van der Waals surface area contributed by atoms with E-state index >= 15 is 0 Å². The molecule has 0 bridgehead atoms. The molecule has 0 aliphatic carbocycles. The Morgan fingerprint density at radius 3 is 2.79 bits per heavy atom. The third kappa shape index (κ3) is 2.88. The molecular weight excluding hydrogens is 238 g/mol. The fourth-order valence-electron chi connectivity index (χ4n) is 2.01. The van der Waals surface area contributed by atoms with Gasteiger partial charge in [-0.05, 0) is 30.2 Å². The molecule has 2 rings (SSSR count). The minimum atomic E-state index is 0.0404. The molecule has 0 aromatic carbocycles. The quantitative estimate of drug-likeness (QED) is 0.644. The zero-order valence-corrected chi connectivity index (χ0v) is 11.1. The molecule has 0 amide bonds. The monoisotopic (exact) mass is 255 g/mol. The summed E-state index contributed by atoms with van der Waals surface area (Å²) in [6.07, 6.45) is 5.30. The Balaban J connectivity index is 2.31. The number of pyridine rings is 2. The maximum atomic E-state index is 7.69. The Kier molecular flexibility index (Phi) is 3.75. The molecule has 0 atom stereocenters. The first-order chi connectivity index (χ1) is 9.09. The largest absolute Gasteiger partial charge is 0.384 e. The molecule has 0 aliphatic rings. The number of nitrogens with one attached hydrogen (secondary N) is 1. The van der Waals surface area contributed by atoms with Crippen molar-refractivity contribution in [3.63, 3.8) is 0 Å². The molecule has 0 spiro atoms. The number of hydrogen-bond acceptors (Lipinski definition) is 4. The van der Waals surface area contributed by atoms with Crippen LogP contribution in [0.4, 0.5) is 5.82 Å². The summed E-state index contributed by atoms with van der Waals surface area (Å²) >= 11 is 0. The molecule has 5 nitrogen and oxygen atoms in total. The zero-order chi connectivity index (χ0) is 13.8. The van der Waals surface area contributed by atoms with E-state index in [1.165, 1.54) is 0 Å². The standard InChI is InChI=1S/C14H17N5/c1-10-5-7-18-14(12(10)13(15)16)19(2)9-11-4-3-6-17-8-11/h3-8H,9H2,1-2H3,(H3,15,16). The van der Waals surface area contributed by atoms with Crippen LogP contribution in [-0.4, -0.2) is 22.9 Å². The minimum absolute atomic E-state index is 0.0404. The number of nitrogens with zero attached hydrogens (tertiary/aromatic N) is 3. The van der Waals surface area contributed by atoms with Gasteiger partial charge in [0.2, 0.25) is 0 Å². The number of aromatic nitrogens is 2. The van der Waals surface area contributed by atoms with Crippen LogP contribution in [0.3, 0.4) is 0 Å². The molecule has 3 N–H and O–H groups in total. The summed E-state index contributed by atoms with van der Waals surface area (Å²) in [6, 6.07) is 5.77. The molecule has 2 aromatic rings. The van der Waals surface area contributed by atoms with Crippen LogP contribution < -0.4 is 10.6 Å². The second-order valence-electron chi connectivity index (χ2n) is 4.46. The lowest BCUT2D eigenvalue weighted by Crippen LogP contribution is -2.24. The highest BCUT2D eigenvalue weighted by Gasteiger charge is 2.14. The van der Waals surface area contributed by atoms with Crippen molar-refractivity contribution in [2.75, 3.05) is 11.9 Å². The van der Waals surface area contributed by atoms with Crippen molar-refractivity contribution in [3.05, 3.63) is 53.5 Å². The maximum absolute atomic E-state index is 7.69. The molecule has 0 saturated heterocycles. The fourth-order valence-corrected chi connectivity index (χ4v) is 2.01. The van der Waals surface area contributed by atoms with E-state index in [4.69, 9.17) is 11.1 Å². The van der Waals surface area contributed by atoms with Crippen molar-refractivity contribution in [2.24, 2.45) is 5.73 Å².